The van der Waals surface area contributed by atoms with Crippen molar-refractivity contribution in [1.82, 2.24) is 5.32 Å². The molecule has 0 fully saturated rings. The molecule has 0 aliphatic heterocycles. The average Bonchev–Trinajstić information content (AvgIpc) is 3.02. The van der Waals surface area contributed by atoms with E-state index in [1.807, 2.05) is 60.7 Å². The molecule has 0 aromatic heterocycles. The minimum absolute atomic E-state index is 0.000877. The van der Waals surface area contributed by atoms with Gasteiger partial charge in [-0.1, -0.05) is 72.8 Å². The Morgan fingerprint density at radius 2 is 1.41 bits per heavy atom. The Bertz CT molecular complexity index is 1520. The van der Waals surface area contributed by atoms with Crippen LogP contribution in [-0.4, -0.2) is 25.1 Å². The van der Waals surface area contributed by atoms with E-state index in [4.69, 9.17) is 14.2 Å². The predicted molar refractivity (Wildman–Crippen MR) is 161 cm³/mol. The van der Waals surface area contributed by atoms with Crippen molar-refractivity contribution in [2.24, 2.45) is 0 Å². The Kier molecular flexibility index (Phi) is 11.5. The third kappa shape index (κ3) is 9.70. The van der Waals surface area contributed by atoms with Gasteiger partial charge in [0, 0.05) is 18.7 Å². The summed E-state index contributed by atoms with van der Waals surface area (Å²) in [5.74, 6) is -0.384. The molecule has 4 aromatic carbocycles. The lowest BCUT2D eigenvalue weighted by atomic mass is 9.94. The van der Waals surface area contributed by atoms with Crippen LogP contribution in [0.2, 0.25) is 0 Å². The highest BCUT2D eigenvalue weighted by Crippen LogP contribution is 2.38. The number of carbonyl (C=O) groups excluding carboxylic acids is 2. The monoisotopic (exact) mass is 605 g/mol. The minimum Gasteiger partial charge on any atom is -0.488 e. The molecule has 1 N–H and O–H groups in total. The lowest BCUT2D eigenvalue weighted by molar-refractivity contribution is -0.145. The zero-order valence-corrected chi connectivity index (χ0v) is 24.4. The van der Waals surface area contributed by atoms with Gasteiger partial charge in [-0.15, -0.1) is 0 Å². The first-order chi connectivity index (χ1) is 21.2. The summed E-state index contributed by atoms with van der Waals surface area (Å²) in [4.78, 5) is 24.5. The summed E-state index contributed by atoms with van der Waals surface area (Å²) in [5, 5.41) is 3.08. The van der Waals surface area contributed by atoms with Crippen molar-refractivity contribution in [3.8, 4) is 16.9 Å². The summed E-state index contributed by atoms with van der Waals surface area (Å²) in [5.41, 5.74) is 3.01. The van der Waals surface area contributed by atoms with E-state index in [9.17, 15) is 22.8 Å². The van der Waals surface area contributed by atoms with Gasteiger partial charge >= 0.3 is 18.1 Å². The second kappa shape index (κ2) is 15.7. The minimum atomic E-state index is -4.55. The van der Waals surface area contributed by atoms with Gasteiger partial charge in [0.15, 0.2) is 0 Å². The summed E-state index contributed by atoms with van der Waals surface area (Å²) in [6, 6.07) is 27.5. The number of ether oxygens (including phenoxy) is 3. The van der Waals surface area contributed by atoms with Crippen molar-refractivity contribution >= 4 is 11.9 Å². The SMILES string of the molecule is CCOC(=O)Cc1ccc(OCc2ccccc2)c(-c2ccc(C(F)(F)F)cc2CNCCC(=O)OCc2ccccc2)c1. The van der Waals surface area contributed by atoms with E-state index in [0.29, 0.717) is 28.0 Å². The Morgan fingerprint density at radius 1 is 0.727 bits per heavy atom. The molecule has 44 heavy (non-hydrogen) atoms. The van der Waals surface area contributed by atoms with Crippen LogP contribution >= 0.6 is 0 Å². The van der Waals surface area contributed by atoms with Crippen molar-refractivity contribution in [2.75, 3.05) is 13.2 Å². The fraction of sp³-hybridized carbons (Fsp3) is 0.257. The molecule has 4 rings (SSSR count). The predicted octanol–water partition coefficient (Wildman–Crippen LogP) is 7.28. The third-order valence-electron chi connectivity index (χ3n) is 6.72. The first-order valence-corrected chi connectivity index (χ1v) is 14.3. The number of benzene rings is 4. The first kappa shape index (κ1) is 32.3. The Labute approximate surface area is 254 Å². The van der Waals surface area contributed by atoms with Crippen LogP contribution in [0.1, 0.15) is 41.2 Å². The highest BCUT2D eigenvalue weighted by molar-refractivity contribution is 5.78. The van der Waals surface area contributed by atoms with Crippen molar-refractivity contribution in [3.05, 3.63) is 125 Å². The topological polar surface area (TPSA) is 73.9 Å². The molecule has 230 valence electrons. The molecule has 0 atom stereocenters. The second-order valence-electron chi connectivity index (χ2n) is 10.0. The first-order valence-electron chi connectivity index (χ1n) is 14.3. The van der Waals surface area contributed by atoms with Crippen molar-refractivity contribution in [3.63, 3.8) is 0 Å². The lowest BCUT2D eigenvalue weighted by Crippen LogP contribution is -2.20. The molecule has 4 aromatic rings. The van der Waals surface area contributed by atoms with Gasteiger partial charge < -0.3 is 19.5 Å². The zero-order chi connectivity index (χ0) is 31.4. The largest absolute Gasteiger partial charge is 0.488 e. The summed E-state index contributed by atoms with van der Waals surface area (Å²) >= 11 is 0. The summed E-state index contributed by atoms with van der Waals surface area (Å²) in [7, 11) is 0. The van der Waals surface area contributed by atoms with Crippen LogP contribution < -0.4 is 10.1 Å². The van der Waals surface area contributed by atoms with Crippen molar-refractivity contribution in [1.29, 1.82) is 0 Å². The van der Waals surface area contributed by atoms with Gasteiger partial charge in [0.25, 0.3) is 0 Å². The molecule has 6 nitrogen and oxygen atoms in total. The molecule has 0 saturated heterocycles. The van der Waals surface area contributed by atoms with Crippen LogP contribution in [0.3, 0.4) is 0 Å². The van der Waals surface area contributed by atoms with Crippen LogP contribution in [0.4, 0.5) is 13.2 Å². The molecule has 0 aliphatic carbocycles. The van der Waals surface area contributed by atoms with E-state index in [-0.39, 0.29) is 45.8 Å². The van der Waals surface area contributed by atoms with Crippen molar-refractivity contribution in [2.45, 2.75) is 45.7 Å². The van der Waals surface area contributed by atoms with Gasteiger partial charge in [0.2, 0.25) is 0 Å². The molecular weight excluding hydrogens is 571 g/mol. The highest BCUT2D eigenvalue weighted by Gasteiger charge is 2.31. The number of carbonyl (C=O) groups is 2. The smallest absolute Gasteiger partial charge is 0.416 e. The average molecular weight is 606 g/mol. The van der Waals surface area contributed by atoms with E-state index in [0.717, 1.165) is 23.3 Å². The molecule has 0 spiro atoms. The maximum Gasteiger partial charge on any atom is 0.416 e. The van der Waals surface area contributed by atoms with Gasteiger partial charge in [-0.25, -0.2) is 0 Å². The normalized spacial score (nSPS) is 11.2. The molecule has 0 heterocycles. The standard InChI is InChI=1S/C35H34F3NO5/c1-2-42-34(41)20-27-13-16-32(43-23-25-9-5-3-6-10-25)31(19-27)30-15-14-29(35(36,37)38)21-28(30)22-39-18-17-33(40)44-24-26-11-7-4-8-12-26/h3-16,19,21,39H,2,17-18,20,22-24H2,1H3. The number of rotatable bonds is 14. The number of esters is 2. The van der Waals surface area contributed by atoms with E-state index >= 15 is 0 Å². The zero-order valence-electron chi connectivity index (χ0n) is 24.4. The summed E-state index contributed by atoms with van der Waals surface area (Å²) in [6.07, 6.45) is -4.51. The molecule has 0 unspecified atom stereocenters. The quantitative estimate of drug-likeness (QED) is 0.120. The Morgan fingerprint density at radius 3 is 2.07 bits per heavy atom. The molecule has 0 aliphatic rings. The number of hydrogen-bond donors (Lipinski definition) is 1. The van der Waals surface area contributed by atoms with Gasteiger partial charge in [0.05, 0.1) is 25.0 Å². The van der Waals surface area contributed by atoms with Crippen molar-refractivity contribution < 1.29 is 37.0 Å². The van der Waals surface area contributed by atoms with E-state index in [2.05, 4.69) is 5.32 Å². The Balaban J connectivity index is 1.56. The molecule has 0 radical (unpaired) electrons. The summed E-state index contributed by atoms with van der Waals surface area (Å²) in [6.45, 7) is 2.58. The van der Waals surface area contributed by atoms with E-state index in [1.54, 1.807) is 25.1 Å². The van der Waals surface area contributed by atoms with Gasteiger partial charge in [-0.2, -0.15) is 13.2 Å². The van der Waals surface area contributed by atoms with Crippen LogP contribution in [-0.2, 0) is 51.4 Å². The number of halogens is 3. The maximum absolute atomic E-state index is 13.7. The van der Waals surface area contributed by atoms with Gasteiger partial charge in [0.1, 0.15) is 19.0 Å². The Hall–Kier alpha value is -4.63. The number of nitrogens with one attached hydrogen (secondary N) is 1. The molecular formula is C35H34F3NO5. The number of hydrogen-bond acceptors (Lipinski definition) is 6. The lowest BCUT2D eigenvalue weighted by Gasteiger charge is -2.18. The molecule has 9 heteroatoms. The molecule has 0 saturated carbocycles. The highest BCUT2D eigenvalue weighted by atomic mass is 19.4. The van der Waals surface area contributed by atoms with Crippen LogP contribution in [0.15, 0.2) is 97.1 Å². The summed E-state index contributed by atoms with van der Waals surface area (Å²) < 4.78 is 57.7. The molecule has 0 amide bonds. The number of alkyl halides is 3. The van der Waals surface area contributed by atoms with Gasteiger partial charge in [-0.3, -0.25) is 9.59 Å². The fourth-order valence-electron chi connectivity index (χ4n) is 4.54. The van der Waals surface area contributed by atoms with E-state index in [1.165, 1.54) is 6.07 Å². The fourth-order valence-corrected chi connectivity index (χ4v) is 4.54. The van der Waals surface area contributed by atoms with Crippen LogP contribution in [0.5, 0.6) is 5.75 Å². The second-order valence-corrected chi connectivity index (χ2v) is 10.0. The van der Waals surface area contributed by atoms with Gasteiger partial charge in [-0.05, 0) is 59.0 Å². The van der Waals surface area contributed by atoms with Crippen LogP contribution in [0.25, 0.3) is 11.1 Å². The molecule has 0 bridgehead atoms. The third-order valence-corrected chi connectivity index (χ3v) is 6.72. The van der Waals surface area contributed by atoms with Crippen LogP contribution in [0, 0.1) is 0 Å². The maximum atomic E-state index is 13.7. The van der Waals surface area contributed by atoms with E-state index < -0.39 is 23.7 Å².